The maximum atomic E-state index is 13.0. The third-order valence-corrected chi connectivity index (χ3v) is 6.11. The van der Waals surface area contributed by atoms with Gasteiger partial charge in [-0.15, -0.1) is 0 Å². The largest absolute Gasteiger partial charge is 0.354 e. The number of carbonyl (C=O) groups excluding carboxylic acids is 2. The molecule has 1 N–H and O–H groups in total. The van der Waals surface area contributed by atoms with Crippen molar-refractivity contribution < 1.29 is 9.59 Å². The summed E-state index contributed by atoms with van der Waals surface area (Å²) in [5.41, 5.74) is 6.16. The van der Waals surface area contributed by atoms with E-state index in [4.69, 9.17) is 4.98 Å². The molecular formula is C25H30N6O2. The van der Waals surface area contributed by atoms with Gasteiger partial charge in [0.1, 0.15) is 12.2 Å². The molecule has 1 saturated heterocycles. The summed E-state index contributed by atoms with van der Waals surface area (Å²) in [6.07, 6.45) is 3.66. The third-order valence-electron chi connectivity index (χ3n) is 6.11. The molecule has 0 radical (unpaired) electrons. The number of pyridine rings is 2. The standard InChI is InChI=1S/C25H30N6O2/c1-16-11-21(19-7-8-22(27-13-19)25(33)26-4)12-23(28-16)20-6-5-9-30(14-20)24(32)15-31-18(3)10-17(2)29-31/h7-8,10-13,20H,5-6,9,14-15H2,1-4H3,(H,26,33)/t20-/m0/s1. The average molecular weight is 447 g/mol. The van der Waals surface area contributed by atoms with Gasteiger partial charge in [0.15, 0.2) is 0 Å². The van der Waals surface area contributed by atoms with Crippen molar-refractivity contribution in [1.82, 2.24) is 30.0 Å². The van der Waals surface area contributed by atoms with Gasteiger partial charge in [0.2, 0.25) is 5.91 Å². The first kappa shape index (κ1) is 22.6. The SMILES string of the molecule is CNC(=O)c1ccc(-c2cc(C)nc([C@H]3CCCN(C(=O)Cn4nc(C)cc4C)C3)c2)cn1. The van der Waals surface area contributed by atoms with Gasteiger partial charge in [-0.05, 0) is 63.4 Å². The predicted octanol–water partition coefficient (Wildman–Crippen LogP) is 3.03. The second kappa shape index (κ2) is 9.52. The number of nitrogens with one attached hydrogen (secondary N) is 1. The molecule has 1 aliphatic heterocycles. The van der Waals surface area contributed by atoms with Gasteiger partial charge in [0.25, 0.3) is 5.91 Å². The van der Waals surface area contributed by atoms with Crippen molar-refractivity contribution >= 4 is 11.8 Å². The molecule has 0 aromatic carbocycles. The monoisotopic (exact) mass is 446 g/mol. The zero-order valence-electron chi connectivity index (χ0n) is 19.6. The number of hydrogen-bond acceptors (Lipinski definition) is 5. The van der Waals surface area contributed by atoms with Crippen LogP contribution in [0.5, 0.6) is 0 Å². The lowest BCUT2D eigenvalue weighted by Gasteiger charge is -2.33. The molecule has 0 unspecified atom stereocenters. The Kier molecular flexibility index (Phi) is 6.53. The Hall–Kier alpha value is -3.55. The summed E-state index contributed by atoms with van der Waals surface area (Å²) in [4.78, 5) is 35.8. The first-order chi connectivity index (χ1) is 15.8. The lowest BCUT2D eigenvalue weighted by Crippen LogP contribution is -2.41. The lowest BCUT2D eigenvalue weighted by molar-refractivity contribution is -0.133. The second-order valence-electron chi connectivity index (χ2n) is 8.70. The molecule has 172 valence electrons. The summed E-state index contributed by atoms with van der Waals surface area (Å²) in [6.45, 7) is 7.57. The fourth-order valence-corrected chi connectivity index (χ4v) is 4.41. The quantitative estimate of drug-likeness (QED) is 0.650. The van der Waals surface area contributed by atoms with Crippen LogP contribution < -0.4 is 5.32 Å². The van der Waals surface area contributed by atoms with E-state index in [1.807, 2.05) is 43.9 Å². The van der Waals surface area contributed by atoms with Crippen molar-refractivity contribution in [1.29, 1.82) is 0 Å². The van der Waals surface area contributed by atoms with Crippen molar-refractivity contribution in [2.45, 2.75) is 46.1 Å². The molecule has 4 heterocycles. The average Bonchev–Trinajstić information content (AvgIpc) is 3.14. The number of aromatic nitrogens is 4. The zero-order chi connectivity index (χ0) is 23.5. The van der Waals surface area contributed by atoms with Crippen LogP contribution in [0.4, 0.5) is 0 Å². The number of carbonyl (C=O) groups is 2. The lowest BCUT2D eigenvalue weighted by atomic mass is 9.92. The topological polar surface area (TPSA) is 93.0 Å². The van der Waals surface area contributed by atoms with Crippen LogP contribution in [-0.4, -0.2) is 56.6 Å². The molecule has 0 aliphatic carbocycles. The van der Waals surface area contributed by atoms with Crippen LogP contribution >= 0.6 is 0 Å². The molecule has 1 fully saturated rings. The molecule has 33 heavy (non-hydrogen) atoms. The van der Waals surface area contributed by atoms with E-state index in [0.717, 1.165) is 53.3 Å². The van der Waals surface area contributed by atoms with Crippen LogP contribution in [-0.2, 0) is 11.3 Å². The minimum absolute atomic E-state index is 0.0905. The fourth-order valence-electron chi connectivity index (χ4n) is 4.41. The van der Waals surface area contributed by atoms with Crippen molar-refractivity contribution in [3.05, 3.63) is 65.0 Å². The van der Waals surface area contributed by atoms with Crippen LogP contribution in [0.1, 0.15) is 52.0 Å². The van der Waals surface area contributed by atoms with Crippen LogP contribution in [0.2, 0.25) is 0 Å². The Morgan fingerprint density at radius 3 is 2.58 bits per heavy atom. The number of aryl methyl sites for hydroxylation is 3. The number of amides is 2. The number of piperidine rings is 1. The Morgan fingerprint density at radius 2 is 1.91 bits per heavy atom. The van der Waals surface area contributed by atoms with Crippen molar-refractivity contribution in [3.63, 3.8) is 0 Å². The van der Waals surface area contributed by atoms with Crippen LogP contribution in [0.15, 0.2) is 36.5 Å². The molecule has 8 heteroatoms. The Labute approximate surface area is 194 Å². The molecule has 0 saturated carbocycles. The summed E-state index contributed by atoms with van der Waals surface area (Å²) < 4.78 is 1.78. The normalized spacial score (nSPS) is 16.0. The minimum atomic E-state index is -0.208. The molecule has 1 aliphatic rings. The van der Waals surface area contributed by atoms with E-state index < -0.39 is 0 Å². The van der Waals surface area contributed by atoms with E-state index in [-0.39, 0.29) is 24.3 Å². The van der Waals surface area contributed by atoms with Crippen LogP contribution in [0, 0.1) is 20.8 Å². The van der Waals surface area contributed by atoms with Gasteiger partial charge in [-0.3, -0.25) is 24.2 Å². The van der Waals surface area contributed by atoms with E-state index in [9.17, 15) is 9.59 Å². The Bertz CT molecular complexity index is 1170. The van der Waals surface area contributed by atoms with E-state index in [1.165, 1.54) is 0 Å². The van der Waals surface area contributed by atoms with Gasteiger partial charge in [-0.1, -0.05) is 6.07 Å². The van der Waals surface area contributed by atoms with Gasteiger partial charge in [0, 0.05) is 54.9 Å². The molecular weight excluding hydrogens is 416 g/mol. The van der Waals surface area contributed by atoms with Crippen molar-refractivity contribution in [3.8, 4) is 11.1 Å². The predicted molar refractivity (Wildman–Crippen MR) is 126 cm³/mol. The van der Waals surface area contributed by atoms with Gasteiger partial charge in [-0.25, -0.2) is 0 Å². The van der Waals surface area contributed by atoms with E-state index in [0.29, 0.717) is 12.2 Å². The van der Waals surface area contributed by atoms with Gasteiger partial charge in [-0.2, -0.15) is 5.10 Å². The van der Waals surface area contributed by atoms with Crippen LogP contribution in [0.25, 0.3) is 11.1 Å². The van der Waals surface area contributed by atoms with Crippen molar-refractivity contribution in [2.75, 3.05) is 20.1 Å². The Morgan fingerprint density at radius 1 is 1.09 bits per heavy atom. The second-order valence-corrected chi connectivity index (χ2v) is 8.70. The summed E-state index contributed by atoms with van der Waals surface area (Å²) in [7, 11) is 1.59. The summed E-state index contributed by atoms with van der Waals surface area (Å²) in [6, 6.07) is 9.73. The number of rotatable bonds is 5. The van der Waals surface area contributed by atoms with Gasteiger partial charge >= 0.3 is 0 Å². The molecule has 1 atom stereocenters. The zero-order valence-corrected chi connectivity index (χ0v) is 19.6. The molecule has 8 nitrogen and oxygen atoms in total. The highest BCUT2D eigenvalue weighted by atomic mass is 16.2. The highest BCUT2D eigenvalue weighted by Crippen LogP contribution is 2.29. The maximum absolute atomic E-state index is 13.0. The highest BCUT2D eigenvalue weighted by Gasteiger charge is 2.26. The fraction of sp³-hybridized carbons (Fsp3) is 0.400. The molecule has 4 rings (SSSR count). The molecule has 0 spiro atoms. The maximum Gasteiger partial charge on any atom is 0.269 e. The summed E-state index contributed by atoms with van der Waals surface area (Å²) in [5.74, 6) is 0.0632. The first-order valence-electron chi connectivity index (χ1n) is 11.3. The summed E-state index contributed by atoms with van der Waals surface area (Å²) in [5, 5.41) is 7.01. The van der Waals surface area contributed by atoms with Crippen molar-refractivity contribution in [2.24, 2.45) is 0 Å². The molecule has 3 aromatic rings. The molecule has 2 amide bonds. The smallest absolute Gasteiger partial charge is 0.269 e. The van der Waals surface area contributed by atoms with Crippen LogP contribution in [0.3, 0.4) is 0 Å². The van der Waals surface area contributed by atoms with Gasteiger partial charge in [0.05, 0.1) is 5.69 Å². The third kappa shape index (κ3) is 5.10. The van der Waals surface area contributed by atoms with E-state index in [1.54, 1.807) is 24.0 Å². The highest BCUT2D eigenvalue weighted by molar-refractivity contribution is 5.92. The number of likely N-dealkylation sites (tertiary alicyclic amines) is 1. The van der Waals surface area contributed by atoms with Gasteiger partial charge < -0.3 is 10.2 Å². The number of hydrogen-bond donors (Lipinski definition) is 1. The Balaban J connectivity index is 1.51. The summed E-state index contributed by atoms with van der Waals surface area (Å²) >= 11 is 0. The number of nitrogens with zero attached hydrogens (tertiary/aromatic N) is 5. The van der Waals surface area contributed by atoms with E-state index >= 15 is 0 Å². The molecule has 0 bridgehead atoms. The first-order valence-corrected chi connectivity index (χ1v) is 11.3. The molecule has 3 aromatic heterocycles. The minimum Gasteiger partial charge on any atom is -0.354 e. The van der Waals surface area contributed by atoms with E-state index in [2.05, 4.69) is 21.5 Å².